The third-order valence-electron chi connectivity index (χ3n) is 2.90. The van der Waals surface area contributed by atoms with Gasteiger partial charge in [0.05, 0.1) is 16.6 Å². The molecule has 12 heavy (non-hydrogen) atoms. The molecule has 1 saturated carbocycles. The first kappa shape index (κ1) is 8.51. The lowest BCUT2D eigenvalue weighted by Crippen LogP contribution is -2.23. The zero-order chi connectivity index (χ0) is 8.82. The van der Waals surface area contributed by atoms with E-state index in [1.165, 1.54) is 0 Å². The minimum Gasteiger partial charge on any atom is -0.390 e. The van der Waals surface area contributed by atoms with E-state index in [-0.39, 0.29) is 5.25 Å². The van der Waals surface area contributed by atoms with Gasteiger partial charge in [-0.1, -0.05) is 0 Å². The van der Waals surface area contributed by atoms with Gasteiger partial charge in [0, 0.05) is 0 Å². The van der Waals surface area contributed by atoms with Crippen molar-refractivity contribution in [3.8, 4) is 0 Å². The molecule has 1 aliphatic heterocycles. The normalized spacial score (nSPS) is 36.6. The molecule has 1 N–H and O–H groups in total. The van der Waals surface area contributed by atoms with Crippen LogP contribution >= 0.6 is 0 Å². The highest BCUT2D eigenvalue weighted by Gasteiger charge is 2.46. The molecule has 2 rings (SSSR count). The van der Waals surface area contributed by atoms with Gasteiger partial charge in [-0.3, -0.25) is 0 Å². The summed E-state index contributed by atoms with van der Waals surface area (Å²) in [7, 11) is -2.84. The topological polar surface area (TPSA) is 54.4 Å². The highest BCUT2D eigenvalue weighted by molar-refractivity contribution is 7.92. The number of aliphatic hydroxyl groups is 1. The van der Waals surface area contributed by atoms with Crippen LogP contribution in [0.4, 0.5) is 0 Å². The first-order valence-corrected chi connectivity index (χ1v) is 6.17. The molecule has 0 aromatic carbocycles. The molecular formula is C8H14O3S. The van der Waals surface area contributed by atoms with Crippen LogP contribution in [0.5, 0.6) is 0 Å². The average molecular weight is 190 g/mol. The standard InChI is InChI=1S/C8H14O3S/c9-8(3-4-8)6-7-2-1-5-12(7,10)11/h7,9H,1-6H2. The van der Waals surface area contributed by atoms with Crippen LogP contribution in [-0.4, -0.2) is 30.1 Å². The number of rotatable bonds is 2. The Labute approximate surface area is 72.7 Å². The third-order valence-corrected chi connectivity index (χ3v) is 5.17. The SMILES string of the molecule is O=S1(=O)CCCC1CC1(O)CC1. The molecule has 0 aromatic rings. The summed E-state index contributed by atoms with van der Waals surface area (Å²) in [6.07, 6.45) is 3.60. The van der Waals surface area contributed by atoms with Crippen LogP contribution in [0.3, 0.4) is 0 Å². The molecule has 2 aliphatic rings. The Morgan fingerprint density at radius 1 is 1.42 bits per heavy atom. The quantitative estimate of drug-likeness (QED) is 0.689. The fourth-order valence-electron chi connectivity index (χ4n) is 1.86. The van der Waals surface area contributed by atoms with Gasteiger partial charge < -0.3 is 5.11 Å². The second kappa shape index (κ2) is 2.45. The molecular weight excluding hydrogens is 176 g/mol. The Morgan fingerprint density at radius 2 is 2.08 bits per heavy atom. The summed E-state index contributed by atoms with van der Waals surface area (Å²) in [6, 6.07) is 0. The molecule has 0 spiro atoms. The molecule has 0 bridgehead atoms. The van der Waals surface area contributed by atoms with E-state index in [1.807, 2.05) is 0 Å². The average Bonchev–Trinajstić information content (AvgIpc) is 2.57. The van der Waals surface area contributed by atoms with Crippen LogP contribution in [0, 0.1) is 0 Å². The first-order chi connectivity index (χ1) is 5.52. The van der Waals surface area contributed by atoms with E-state index in [0.29, 0.717) is 12.2 Å². The van der Waals surface area contributed by atoms with Gasteiger partial charge in [-0.25, -0.2) is 8.42 Å². The van der Waals surface area contributed by atoms with Gasteiger partial charge >= 0.3 is 0 Å². The molecule has 0 radical (unpaired) electrons. The zero-order valence-corrected chi connectivity index (χ0v) is 7.81. The van der Waals surface area contributed by atoms with Gasteiger partial charge in [-0.2, -0.15) is 0 Å². The Morgan fingerprint density at radius 3 is 2.50 bits per heavy atom. The maximum atomic E-state index is 11.4. The summed E-state index contributed by atoms with van der Waals surface area (Å²) in [6.45, 7) is 0. The van der Waals surface area contributed by atoms with Gasteiger partial charge in [-0.05, 0) is 32.1 Å². The van der Waals surface area contributed by atoms with Crippen LogP contribution in [0.15, 0.2) is 0 Å². The van der Waals surface area contributed by atoms with Crippen LogP contribution in [0.25, 0.3) is 0 Å². The van der Waals surface area contributed by atoms with Gasteiger partial charge in [0.25, 0.3) is 0 Å². The summed E-state index contributed by atoms with van der Waals surface area (Å²) in [5, 5.41) is 9.31. The molecule has 2 fully saturated rings. The summed E-state index contributed by atoms with van der Waals surface area (Å²) in [5.74, 6) is 0.327. The molecule has 70 valence electrons. The molecule has 1 aliphatic carbocycles. The fourth-order valence-corrected chi connectivity index (χ4v) is 3.85. The predicted molar refractivity (Wildman–Crippen MR) is 45.6 cm³/mol. The molecule has 3 nitrogen and oxygen atoms in total. The van der Waals surface area contributed by atoms with Crippen molar-refractivity contribution in [1.29, 1.82) is 0 Å². The van der Waals surface area contributed by atoms with E-state index in [2.05, 4.69) is 0 Å². The number of hydrogen-bond donors (Lipinski definition) is 1. The Balaban J connectivity index is 2.04. The van der Waals surface area contributed by atoms with E-state index >= 15 is 0 Å². The molecule has 1 atom stereocenters. The van der Waals surface area contributed by atoms with E-state index in [0.717, 1.165) is 25.7 Å². The van der Waals surface area contributed by atoms with Crippen molar-refractivity contribution in [1.82, 2.24) is 0 Å². The van der Waals surface area contributed by atoms with Crippen molar-refractivity contribution < 1.29 is 13.5 Å². The van der Waals surface area contributed by atoms with Crippen molar-refractivity contribution >= 4 is 9.84 Å². The lowest BCUT2D eigenvalue weighted by Gasteiger charge is -2.12. The Kier molecular flexibility index (Phi) is 1.74. The molecule has 0 aromatic heterocycles. The van der Waals surface area contributed by atoms with Crippen molar-refractivity contribution in [3.63, 3.8) is 0 Å². The summed E-state index contributed by atoms with van der Waals surface area (Å²) in [5.41, 5.74) is -0.609. The Hall–Kier alpha value is -0.0900. The molecule has 1 unspecified atom stereocenters. The summed E-state index contributed by atoms with van der Waals surface area (Å²) >= 11 is 0. The minimum atomic E-state index is -2.84. The highest BCUT2D eigenvalue weighted by atomic mass is 32.2. The minimum absolute atomic E-state index is 0.245. The van der Waals surface area contributed by atoms with Crippen molar-refractivity contribution in [3.05, 3.63) is 0 Å². The lowest BCUT2D eigenvalue weighted by atomic mass is 10.1. The van der Waals surface area contributed by atoms with Gasteiger partial charge in [0.15, 0.2) is 9.84 Å². The molecule has 1 saturated heterocycles. The monoisotopic (exact) mass is 190 g/mol. The van der Waals surface area contributed by atoms with Crippen molar-refractivity contribution in [2.45, 2.75) is 43.0 Å². The van der Waals surface area contributed by atoms with Crippen molar-refractivity contribution in [2.75, 3.05) is 5.75 Å². The van der Waals surface area contributed by atoms with E-state index in [4.69, 9.17) is 0 Å². The maximum Gasteiger partial charge on any atom is 0.153 e. The largest absolute Gasteiger partial charge is 0.390 e. The summed E-state index contributed by atoms with van der Waals surface area (Å²) < 4.78 is 22.7. The molecule has 0 amide bonds. The molecule has 1 heterocycles. The van der Waals surface area contributed by atoms with Gasteiger partial charge in [-0.15, -0.1) is 0 Å². The van der Waals surface area contributed by atoms with Crippen LogP contribution in [-0.2, 0) is 9.84 Å². The highest BCUT2D eigenvalue weighted by Crippen LogP contribution is 2.42. The lowest BCUT2D eigenvalue weighted by molar-refractivity contribution is 0.138. The molecule has 4 heteroatoms. The van der Waals surface area contributed by atoms with Gasteiger partial charge in [0.2, 0.25) is 0 Å². The van der Waals surface area contributed by atoms with Crippen LogP contribution in [0.2, 0.25) is 0 Å². The number of hydrogen-bond acceptors (Lipinski definition) is 3. The fraction of sp³-hybridized carbons (Fsp3) is 1.00. The van der Waals surface area contributed by atoms with Crippen molar-refractivity contribution in [2.24, 2.45) is 0 Å². The first-order valence-electron chi connectivity index (χ1n) is 4.46. The zero-order valence-electron chi connectivity index (χ0n) is 6.99. The second-order valence-electron chi connectivity index (χ2n) is 4.06. The Bertz CT molecular complexity index is 277. The van der Waals surface area contributed by atoms with E-state index < -0.39 is 15.4 Å². The van der Waals surface area contributed by atoms with Crippen LogP contribution in [0.1, 0.15) is 32.1 Å². The number of sulfone groups is 1. The third kappa shape index (κ3) is 1.50. The maximum absolute atomic E-state index is 11.4. The predicted octanol–water partition coefficient (Wildman–Crippen LogP) is 0.479. The second-order valence-corrected chi connectivity index (χ2v) is 6.46. The van der Waals surface area contributed by atoms with Gasteiger partial charge in [0.1, 0.15) is 0 Å². The smallest absolute Gasteiger partial charge is 0.153 e. The summed E-state index contributed by atoms with van der Waals surface area (Å²) in [4.78, 5) is 0. The van der Waals surface area contributed by atoms with Crippen LogP contribution < -0.4 is 0 Å². The van der Waals surface area contributed by atoms with E-state index in [9.17, 15) is 13.5 Å². The van der Waals surface area contributed by atoms with E-state index in [1.54, 1.807) is 0 Å².